The third kappa shape index (κ3) is 5.09. The van der Waals surface area contributed by atoms with Crippen LogP contribution in [0.2, 0.25) is 0 Å². The van der Waals surface area contributed by atoms with Gasteiger partial charge in [0.05, 0.1) is 24.7 Å². The summed E-state index contributed by atoms with van der Waals surface area (Å²) in [5.41, 5.74) is 0. The molecule has 0 aliphatic carbocycles. The highest BCUT2D eigenvalue weighted by molar-refractivity contribution is 7.89. The van der Waals surface area contributed by atoms with Gasteiger partial charge >= 0.3 is 0 Å². The second-order valence-electron chi connectivity index (χ2n) is 5.94. The van der Waals surface area contributed by atoms with Gasteiger partial charge in [-0.05, 0) is 32.9 Å². The molecule has 0 saturated carbocycles. The number of nitrogens with one attached hydrogen (secondary N) is 2. The maximum Gasteiger partial charge on any atom is 0.241 e. The van der Waals surface area contributed by atoms with Crippen molar-refractivity contribution in [3.05, 3.63) is 18.2 Å². The van der Waals surface area contributed by atoms with Gasteiger partial charge in [0.15, 0.2) is 11.5 Å². The summed E-state index contributed by atoms with van der Waals surface area (Å²) in [6.45, 7) is 8.11. The minimum Gasteiger partial charge on any atom is -0.490 e. The topological polar surface area (TPSA) is 97.0 Å². The van der Waals surface area contributed by atoms with E-state index in [0.717, 1.165) is 0 Å². The molecule has 1 aromatic rings. The first-order valence-electron chi connectivity index (χ1n) is 8.78. The van der Waals surface area contributed by atoms with Gasteiger partial charge in [-0.2, -0.15) is 0 Å². The summed E-state index contributed by atoms with van der Waals surface area (Å²) < 4.78 is 38.4. The fourth-order valence-corrected chi connectivity index (χ4v) is 3.74. The Bertz CT molecular complexity index is 723. The fourth-order valence-electron chi connectivity index (χ4n) is 2.75. The zero-order valence-corrected chi connectivity index (χ0v) is 16.3. The highest BCUT2D eigenvalue weighted by Gasteiger charge is 2.25. The molecule has 26 heavy (non-hydrogen) atoms. The van der Waals surface area contributed by atoms with Crippen LogP contribution in [0.25, 0.3) is 0 Å². The molecule has 1 fully saturated rings. The summed E-state index contributed by atoms with van der Waals surface area (Å²) >= 11 is 0. The molecule has 1 atom stereocenters. The monoisotopic (exact) mass is 385 g/mol. The van der Waals surface area contributed by atoms with Crippen molar-refractivity contribution in [2.24, 2.45) is 0 Å². The molecule has 0 aromatic heterocycles. The van der Waals surface area contributed by atoms with Crippen molar-refractivity contribution in [2.45, 2.75) is 31.7 Å². The molecule has 8 nitrogen and oxygen atoms in total. The van der Waals surface area contributed by atoms with E-state index >= 15 is 0 Å². The quantitative estimate of drug-likeness (QED) is 0.680. The van der Waals surface area contributed by atoms with Crippen molar-refractivity contribution in [1.82, 2.24) is 14.9 Å². The normalized spacial score (nSPS) is 17.8. The van der Waals surface area contributed by atoms with Gasteiger partial charge in [0.1, 0.15) is 0 Å². The SMILES string of the molecule is CCOc1ccc(S(=O)(=O)NCC(=O)N2CCNCC2C)cc1OCC. The van der Waals surface area contributed by atoms with Gasteiger partial charge < -0.3 is 19.7 Å². The lowest BCUT2D eigenvalue weighted by Crippen LogP contribution is -2.54. The summed E-state index contributed by atoms with van der Waals surface area (Å²) in [6, 6.07) is 4.45. The van der Waals surface area contributed by atoms with Crippen molar-refractivity contribution in [3.63, 3.8) is 0 Å². The van der Waals surface area contributed by atoms with Gasteiger partial charge in [-0.15, -0.1) is 0 Å². The minimum atomic E-state index is -3.83. The summed E-state index contributed by atoms with van der Waals surface area (Å²) in [4.78, 5) is 14.0. The van der Waals surface area contributed by atoms with Gasteiger partial charge in [-0.25, -0.2) is 13.1 Å². The van der Waals surface area contributed by atoms with E-state index in [0.29, 0.717) is 44.3 Å². The van der Waals surface area contributed by atoms with Crippen LogP contribution in [0.3, 0.4) is 0 Å². The standard InChI is InChI=1S/C17H27N3O5S/c1-4-24-15-7-6-14(10-16(15)25-5-2)26(22,23)19-12-17(21)20-9-8-18-11-13(20)3/h6-7,10,13,18-19H,4-5,8-9,11-12H2,1-3H3. The van der Waals surface area contributed by atoms with Crippen molar-refractivity contribution < 1.29 is 22.7 Å². The molecule has 0 spiro atoms. The molecule has 2 rings (SSSR count). The number of hydrogen-bond donors (Lipinski definition) is 2. The molecule has 1 aliphatic rings. The lowest BCUT2D eigenvalue weighted by atomic mass is 10.2. The Hall–Kier alpha value is -1.84. The number of ether oxygens (including phenoxy) is 2. The Kier molecular flexibility index (Phi) is 7.24. The third-order valence-electron chi connectivity index (χ3n) is 4.06. The number of carbonyl (C=O) groups excluding carboxylic acids is 1. The van der Waals surface area contributed by atoms with Crippen molar-refractivity contribution >= 4 is 15.9 Å². The van der Waals surface area contributed by atoms with Crippen LogP contribution in [0.4, 0.5) is 0 Å². The minimum absolute atomic E-state index is 0.0329. The number of sulfonamides is 1. The van der Waals surface area contributed by atoms with Gasteiger partial charge in [0.25, 0.3) is 0 Å². The lowest BCUT2D eigenvalue weighted by Gasteiger charge is -2.34. The highest BCUT2D eigenvalue weighted by atomic mass is 32.2. The predicted octanol–water partition coefficient (Wildman–Crippen LogP) is 0.583. The van der Waals surface area contributed by atoms with Crippen LogP contribution in [0, 0.1) is 0 Å². The molecule has 2 N–H and O–H groups in total. The van der Waals surface area contributed by atoms with Crippen LogP contribution < -0.4 is 19.5 Å². The first-order valence-corrected chi connectivity index (χ1v) is 10.3. The first-order chi connectivity index (χ1) is 12.4. The lowest BCUT2D eigenvalue weighted by molar-refractivity contribution is -0.132. The number of benzene rings is 1. The van der Waals surface area contributed by atoms with E-state index in [9.17, 15) is 13.2 Å². The third-order valence-corrected chi connectivity index (χ3v) is 5.46. The molecule has 9 heteroatoms. The number of carbonyl (C=O) groups is 1. The second-order valence-corrected chi connectivity index (χ2v) is 7.71. The number of nitrogens with zero attached hydrogens (tertiary/aromatic N) is 1. The van der Waals surface area contributed by atoms with Crippen LogP contribution in [0.1, 0.15) is 20.8 Å². The van der Waals surface area contributed by atoms with Gasteiger partial charge in [-0.1, -0.05) is 0 Å². The fraction of sp³-hybridized carbons (Fsp3) is 0.588. The van der Waals surface area contributed by atoms with E-state index in [2.05, 4.69) is 10.0 Å². The maximum atomic E-state index is 12.5. The van der Waals surface area contributed by atoms with Crippen LogP contribution in [0.5, 0.6) is 11.5 Å². The number of rotatable bonds is 8. The maximum absolute atomic E-state index is 12.5. The van der Waals surface area contributed by atoms with Crippen LogP contribution in [-0.4, -0.2) is 64.7 Å². The molecule has 1 aliphatic heterocycles. The first kappa shape index (κ1) is 20.5. The van der Waals surface area contributed by atoms with Crippen molar-refractivity contribution in [3.8, 4) is 11.5 Å². The number of piperazine rings is 1. The molecule has 0 bridgehead atoms. The summed E-state index contributed by atoms with van der Waals surface area (Å²) in [6.07, 6.45) is 0. The molecule has 0 radical (unpaired) electrons. The summed E-state index contributed by atoms with van der Waals surface area (Å²) in [7, 11) is -3.83. The van der Waals surface area contributed by atoms with Gasteiger partial charge in [0, 0.05) is 31.7 Å². The van der Waals surface area contributed by atoms with Crippen LogP contribution in [0.15, 0.2) is 23.1 Å². The Balaban J connectivity index is 2.09. The molecule has 146 valence electrons. The van der Waals surface area contributed by atoms with Crippen LogP contribution >= 0.6 is 0 Å². The zero-order chi connectivity index (χ0) is 19.2. The molecule has 1 amide bonds. The summed E-state index contributed by atoms with van der Waals surface area (Å²) in [5, 5.41) is 3.19. The Morgan fingerprint density at radius 2 is 1.96 bits per heavy atom. The molecular weight excluding hydrogens is 358 g/mol. The smallest absolute Gasteiger partial charge is 0.241 e. The molecular formula is C17H27N3O5S. The van der Waals surface area contributed by atoms with Crippen molar-refractivity contribution in [2.75, 3.05) is 39.4 Å². The molecule has 1 aromatic carbocycles. The Labute approximate surface area is 154 Å². The van der Waals surface area contributed by atoms with E-state index in [-0.39, 0.29) is 23.4 Å². The summed E-state index contributed by atoms with van der Waals surface area (Å²) in [5.74, 6) is 0.608. The van der Waals surface area contributed by atoms with Crippen molar-refractivity contribution in [1.29, 1.82) is 0 Å². The Morgan fingerprint density at radius 1 is 1.27 bits per heavy atom. The average molecular weight is 385 g/mol. The highest BCUT2D eigenvalue weighted by Crippen LogP contribution is 2.30. The van der Waals surface area contributed by atoms with E-state index in [1.807, 2.05) is 20.8 Å². The number of hydrogen-bond acceptors (Lipinski definition) is 6. The largest absolute Gasteiger partial charge is 0.490 e. The van der Waals surface area contributed by atoms with E-state index in [4.69, 9.17) is 9.47 Å². The van der Waals surface area contributed by atoms with Gasteiger partial charge in [0.2, 0.25) is 15.9 Å². The van der Waals surface area contributed by atoms with E-state index in [1.54, 1.807) is 11.0 Å². The predicted molar refractivity (Wildman–Crippen MR) is 98.0 cm³/mol. The zero-order valence-electron chi connectivity index (χ0n) is 15.4. The van der Waals surface area contributed by atoms with E-state index < -0.39 is 10.0 Å². The average Bonchev–Trinajstić information content (AvgIpc) is 2.62. The second kappa shape index (κ2) is 9.20. The Morgan fingerprint density at radius 3 is 2.62 bits per heavy atom. The van der Waals surface area contributed by atoms with Gasteiger partial charge in [-0.3, -0.25) is 4.79 Å². The number of amides is 1. The molecule has 1 unspecified atom stereocenters. The molecule has 1 heterocycles. The van der Waals surface area contributed by atoms with Crippen LogP contribution in [-0.2, 0) is 14.8 Å². The van der Waals surface area contributed by atoms with E-state index in [1.165, 1.54) is 12.1 Å². The molecule has 1 saturated heterocycles.